The summed E-state index contributed by atoms with van der Waals surface area (Å²) in [5.41, 5.74) is 0.839. The van der Waals surface area contributed by atoms with E-state index < -0.39 is 29.6 Å². The summed E-state index contributed by atoms with van der Waals surface area (Å²) < 4.78 is 5.10. The van der Waals surface area contributed by atoms with Gasteiger partial charge in [-0.15, -0.1) is 0 Å². The van der Waals surface area contributed by atoms with Crippen molar-refractivity contribution in [2.24, 2.45) is 5.92 Å². The zero-order chi connectivity index (χ0) is 16.6. The molecule has 4 nitrogen and oxygen atoms in total. The fourth-order valence-corrected chi connectivity index (χ4v) is 2.72. The summed E-state index contributed by atoms with van der Waals surface area (Å²) in [6.07, 6.45) is -0.949. The Morgan fingerprint density at radius 1 is 0.870 bits per heavy atom. The summed E-state index contributed by atoms with van der Waals surface area (Å²) in [7, 11) is 0. The Balaban J connectivity index is 1.97. The molecule has 0 aromatic heterocycles. The number of esters is 1. The topological polar surface area (TPSA) is 60.4 Å². The summed E-state index contributed by atoms with van der Waals surface area (Å²) in [5.74, 6) is -3.52. The van der Waals surface area contributed by atoms with Gasteiger partial charge in [0.15, 0.2) is 5.78 Å². The minimum atomic E-state index is -1.20. The summed E-state index contributed by atoms with van der Waals surface area (Å²) >= 11 is 11.6. The highest BCUT2D eigenvalue weighted by Gasteiger charge is 2.48. The highest BCUT2D eigenvalue weighted by atomic mass is 35.5. The van der Waals surface area contributed by atoms with E-state index in [4.69, 9.17) is 27.9 Å². The van der Waals surface area contributed by atoms with E-state index in [1.807, 2.05) is 0 Å². The number of ketones is 2. The molecule has 0 spiro atoms. The molecule has 0 N–H and O–H groups in total. The number of cyclic esters (lactones) is 1. The van der Waals surface area contributed by atoms with E-state index in [9.17, 15) is 14.4 Å². The molecule has 2 atom stereocenters. The van der Waals surface area contributed by atoms with Gasteiger partial charge in [0.05, 0.1) is 0 Å². The first-order valence-electron chi connectivity index (χ1n) is 6.77. The number of hydrogen-bond acceptors (Lipinski definition) is 4. The summed E-state index contributed by atoms with van der Waals surface area (Å²) in [6.45, 7) is 0. The first-order valence-corrected chi connectivity index (χ1v) is 7.53. The molecule has 1 saturated heterocycles. The van der Waals surface area contributed by atoms with Crippen LogP contribution < -0.4 is 0 Å². The normalized spacial score (nSPS) is 20.4. The molecule has 1 heterocycles. The molecule has 3 rings (SSSR count). The maximum absolute atomic E-state index is 12.6. The van der Waals surface area contributed by atoms with Gasteiger partial charge in [0.1, 0.15) is 12.0 Å². The van der Waals surface area contributed by atoms with Crippen LogP contribution >= 0.6 is 23.2 Å². The minimum absolute atomic E-state index is 0.296. The van der Waals surface area contributed by atoms with Gasteiger partial charge in [-0.1, -0.05) is 35.3 Å². The number of ether oxygens (including phenoxy) is 1. The summed E-state index contributed by atoms with van der Waals surface area (Å²) in [6, 6.07) is 12.6. The van der Waals surface area contributed by atoms with Crippen LogP contribution in [0.2, 0.25) is 10.0 Å². The first kappa shape index (κ1) is 15.7. The van der Waals surface area contributed by atoms with Crippen LogP contribution in [-0.2, 0) is 14.3 Å². The van der Waals surface area contributed by atoms with E-state index in [0.29, 0.717) is 21.2 Å². The van der Waals surface area contributed by atoms with Crippen molar-refractivity contribution in [2.45, 2.75) is 6.10 Å². The second kappa shape index (κ2) is 6.14. The Kier molecular flexibility index (Phi) is 4.20. The Labute approximate surface area is 142 Å². The van der Waals surface area contributed by atoms with Gasteiger partial charge in [0, 0.05) is 15.6 Å². The lowest BCUT2D eigenvalue weighted by atomic mass is 9.87. The average molecular weight is 349 g/mol. The van der Waals surface area contributed by atoms with Crippen molar-refractivity contribution < 1.29 is 19.1 Å². The molecule has 0 bridgehead atoms. The SMILES string of the molecule is O=C1OC(c2ccc(Cl)cc2)C(C(=O)c2ccc(Cl)cc2)C1=O. The third-order valence-electron chi connectivity index (χ3n) is 3.63. The van der Waals surface area contributed by atoms with Gasteiger partial charge in [-0.05, 0) is 42.0 Å². The molecule has 2 unspecified atom stereocenters. The molecule has 2 aromatic carbocycles. The van der Waals surface area contributed by atoms with Crippen LogP contribution in [0.3, 0.4) is 0 Å². The van der Waals surface area contributed by atoms with Crippen LogP contribution in [0.1, 0.15) is 22.0 Å². The van der Waals surface area contributed by atoms with Gasteiger partial charge < -0.3 is 4.74 Å². The molecule has 0 aliphatic carbocycles. The minimum Gasteiger partial charge on any atom is -0.450 e. The van der Waals surface area contributed by atoms with Crippen LogP contribution in [0, 0.1) is 5.92 Å². The smallest absolute Gasteiger partial charge is 0.376 e. The standard InChI is InChI=1S/C17H10Cl2O4/c18-11-5-1-9(2-6-11)14(20)13-15(21)17(22)23-16(13)10-3-7-12(19)8-4-10/h1-8,13,16H. The van der Waals surface area contributed by atoms with Crippen molar-refractivity contribution in [3.8, 4) is 0 Å². The van der Waals surface area contributed by atoms with E-state index in [-0.39, 0.29) is 0 Å². The molecule has 23 heavy (non-hydrogen) atoms. The zero-order valence-corrected chi connectivity index (χ0v) is 13.2. The predicted octanol–water partition coefficient (Wildman–Crippen LogP) is 3.66. The lowest BCUT2D eigenvalue weighted by Gasteiger charge is -2.16. The number of carbonyl (C=O) groups is 3. The van der Waals surface area contributed by atoms with Crippen LogP contribution in [0.4, 0.5) is 0 Å². The van der Waals surface area contributed by atoms with Gasteiger partial charge >= 0.3 is 5.97 Å². The Morgan fingerprint density at radius 3 is 1.96 bits per heavy atom. The molecular formula is C17H10Cl2O4. The summed E-state index contributed by atoms with van der Waals surface area (Å²) in [5, 5.41) is 0.978. The molecule has 0 amide bonds. The van der Waals surface area contributed by atoms with Crippen molar-refractivity contribution in [3.63, 3.8) is 0 Å². The quantitative estimate of drug-likeness (QED) is 0.367. The van der Waals surface area contributed by atoms with Crippen LogP contribution in [-0.4, -0.2) is 17.5 Å². The lowest BCUT2D eigenvalue weighted by molar-refractivity contribution is -0.149. The average Bonchev–Trinajstić information content (AvgIpc) is 2.84. The van der Waals surface area contributed by atoms with E-state index in [0.717, 1.165) is 0 Å². The molecule has 116 valence electrons. The van der Waals surface area contributed by atoms with Gasteiger partial charge in [-0.3, -0.25) is 9.59 Å². The van der Waals surface area contributed by atoms with E-state index in [1.54, 1.807) is 36.4 Å². The van der Waals surface area contributed by atoms with Gasteiger partial charge in [0.25, 0.3) is 5.78 Å². The van der Waals surface area contributed by atoms with Gasteiger partial charge in [0.2, 0.25) is 0 Å². The van der Waals surface area contributed by atoms with Crippen molar-refractivity contribution in [1.29, 1.82) is 0 Å². The predicted molar refractivity (Wildman–Crippen MR) is 84.6 cm³/mol. The number of carbonyl (C=O) groups excluding carboxylic acids is 3. The van der Waals surface area contributed by atoms with Crippen molar-refractivity contribution in [1.82, 2.24) is 0 Å². The largest absolute Gasteiger partial charge is 0.450 e. The van der Waals surface area contributed by atoms with Crippen LogP contribution in [0.25, 0.3) is 0 Å². The van der Waals surface area contributed by atoms with Crippen molar-refractivity contribution in [2.75, 3.05) is 0 Å². The molecular weight excluding hydrogens is 339 g/mol. The van der Waals surface area contributed by atoms with E-state index in [1.165, 1.54) is 12.1 Å². The molecule has 0 saturated carbocycles. The molecule has 2 aromatic rings. The second-order valence-electron chi connectivity index (χ2n) is 5.09. The highest BCUT2D eigenvalue weighted by Crippen LogP contribution is 2.36. The third-order valence-corrected chi connectivity index (χ3v) is 4.13. The van der Waals surface area contributed by atoms with E-state index >= 15 is 0 Å². The van der Waals surface area contributed by atoms with Crippen LogP contribution in [0.15, 0.2) is 48.5 Å². The van der Waals surface area contributed by atoms with Crippen molar-refractivity contribution in [3.05, 3.63) is 69.7 Å². The maximum atomic E-state index is 12.6. The lowest BCUT2D eigenvalue weighted by Crippen LogP contribution is -2.26. The zero-order valence-electron chi connectivity index (χ0n) is 11.7. The van der Waals surface area contributed by atoms with Crippen LogP contribution in [0.5, 0.6) is 0 Å². The second-order valence-corrected chi connectivity index (χ2v) is 5.96. The number of rotatable bonds is 3. The Bertz CT molecular complexity index is 781. The fourth-order valence-electron chi connectivity index (χ4n) is 2.47. The molecule has 1 fully saturated rings. The molecule has 1 aliphatic rings. The summed E-state index contributed by atoms with van der Waals surface area (Å²) in [4.78, 5) is 36.4. The number of benzene rings is 2. The fraction of sp³-hybridized carbons (Fsp3) is 0.118. The Hall–Kier alpha value is -2.17. The Morgan fingerprint density at radius 2 is 1.39 bits per heavy atom. The number of hydrogen-bond donors (Lipinski definition) is 0. The van der Waals surface area contributed by atoms with Crippen molar-refractivity contribution >= 4 is 40.7 Å². The maximum Gasteiger partial charge on any atom is 0.376 e. The number of halogens is 2. The highest BCUT2D eigenvalue weighted by molar-refractivity contribution is 6.41. The van der Waals surface area contributed by atoms with E-state index in [2.05, 4.69) is 0 Å². The van der Waals surface area contributed by atoms with Gasteiger partial charge in [-0.25, -0.2) is 4.79 Å². The molecule has 1 aliphatic heterocycles. The van der Waals surface area contributed by atoms with Gasteiger partial charge in [-0.2, -0.15) is 0 Å². The number of Topliss-reactive ketones (excluding diaryl/α,β-unsaturated/α-hetero) is 2. The monoisotopic (exact) mass is 348 g/mol. The molecule has 0 radical (unpaired) electrons. The first-order chi connectivity index (χ1) is 11.0. The third kappa shape index (κ3) is 3.00. The molecule has 6 heteroatoms.